The van der Waals surface area contributed by atoms with E-state index in [-0.39, 0.29) is 16.1 Å². The molecule has 0 aliphatic heterocycles. The molecule has 0 atom stereocenters. The van der Waals surface area contributed by atoms with E-state index in [0.717, 1.165) is 11.3 Å². The van der Waals surface area contributed by atoms with E-state index in [9.17, 15) is 9.18 Å². The SMILES string of the molecule is O=c1/c(=C/c2c(F)cccc2Cl)sc2nc(-c3ccccc3Cl)nn12. The van der Waals surface area contributed by atoms with E-state index in [1.807, 2.05) is 6.07 Å². The van der Waals surface area contributed by atoms with E-state index in [4.69, 9.17) is 23.2 Å². The van der Waals surface area contributed by atoms with Crippen molar-refractivity contribution in [1.29, 1.82) is 0 Å². The van der Waals surface area contributed by atoms with Gasteiger partial charge in [0.25, 0.3) is 5.56 Å². The Morgan fingerprint density at radius 1 is 1.08 bits per heavy atom. The third-order valence-electron chi connectivity index (χ3n) is 3.57. The monoisotopic (exact) mass is 391 g/mol. The number of hydrogen-bond acceptors (Lipinski definition) is 4. The van der Waals surface area contributed by atoms with Crippen LogP contribution < -0.4 is 10.1 Å². The Labute approximate surface area is 154 Å². The van der Waals surface area contributed by atoms with Crippen LogP contribution in [0.15, 0.2) is 47.3 Å². The molecule has 0 amide bonds. The van der Waals surface area contributed by atoms with Crippen LogP contribution in [0.25, 0.3) is 22.4 Å². The van der Waals surface area contributed by atoms with E-state index < -0.39 is 5.82 Å². The van der Waals surface area contributed by atoms with Crippen LogP contribution in [0, 0.1) is 5.82 Å². The molecule has 0 aliphatic carbocycles. The van der Waals surface area contributed by atoms with Gasteiger partial charge in [0, 0.05) is 11.1 Å². The van der Waals surface area contributed by atoms with E-state index in [1.165, 1.54) is 22.7 Å². The first kappa shape index (κ1) is 16.2. The fraction of sp³-hybridized carbons (Fsp3) is 0. The third kappa shape index (κ3) is 2.82. The van der Waals surface area contributed by atoms with Crippen molar-refractivity contribution in [3.63, 3.8) is 0 Å². The third-order valence-corrected chi connectivity index (χ3v) is 5.19. The number of aromatic nitrogens is 3. The zero-order chi connectivity index (χ0) is 17.6. The van der Waals surface area contributed by atoms with Crippen molar-refractivity contribution in [2.24, 2.45) is 0 Å². The number of benzene rings is 2. The van der Waals surface area contributed by atoms with Gasteiger partial charge in [-0.15, -0.1) is 5.10 Å². The average Bonchev–Trinajstić information content (AvgIpc) is 3.11. The van der Waals surface area contributed by atoms with Crippen molar-refractivity contribution in [3.8, 4) is 11.4 Å². The lowest BCUT2D eigenvalue weighted by Gasteiger charge is -1.98. The van der Waals surface area contributed by atoms with Gasteiger partial charge in [-0.05, 0) is 30.3 Å². The van der Waals surface area contributed by atoms with E-state index in [0.29, 0.717) is 25.9 Å². The van der Waals surface area contributed by atoms with Crippen LogP contribution in [0.4, 0.5) is 4.39 Å². The first-order valence-corrected chi connectivity index (χ1v) is 8.72. The van der Waals surface area contributed by atoms with Crippen molar-refractivity contribution in [1.82, 2.24) is 14.6 Å². The summed E-state index contributed by atoms with van der Waals surface area (Å²) in [5.74, 6) is -0.132. The average molecular weight is 392 g/mol. The zero-order valence-corrected chi connectivity index (χ0v) is 14.7. The molecule has 124 valence electrons. The molecule has 0 radical (unpaired) electrons. The van der Waals surface area contributed by atoms with Crippen LogP contribution in [0.2, 0.25) is 10.0 Å². The van der Waals surface area contributed by atoms with Gasteiger partial charge in [0.2, 0.25) is 4.96 Å². The number of rotatable bonds is 2. The predicted octanol–water partition coefficient (Wildman–Crippen LogP) is 3.81. The predicted molar refractivity (Wildman–Crippen MR) is 97.8 cm³/mol. The van der Waals surface area contributed by atoms with Gasteiger partial charge in [-0.3, -0.25) is 4.79 Å². The summed E-state index contributed by atoms with van der Waals surface area (Å²) >= 11 is 13.3. The van der Waals surface area contributed by atoms with E-state index in [2.05, 4.69) is 10.1 Å². The van der Waals surface area contributed by atoms with Crippen LogP contribution in [0.1, 0.15) is 5.56 Å². The Morgan fingerprint density at radius 3 is 2.56 bits per heavy atom. The lowest BCUT2D eigenvalue weighted by Crippen LogP contribution is -2.23. The number of nitrogens with zero attached hydrogens (tertiary/aromatic N) is 3. The topological polar surface area (TPSA) is 47.3 Å². The van der Waals surface area contributed by atoms with E-state index in [1.54, 1.807) is 24.3 Å². The summed E-state index contributed by atoms with van der Waals surface area (Å²) in [5.41, 5.74) is 0.421. The standard InChI is InChI=1S/C17H8Cl2FN3OS/c18-11-5-2-1-4-9(11)15-21-17-23(22-15)16(24)14(25-17)8-10-12(19)6-3-7-13(10)20/h1-8H/b14-8-. The molecule has 0 unspecified atom stereocenters. The van der Waals surface area contributed by atoms with Gasteiger partial charge in [-0.1, -0.05) is 52.7 Å². The molecule has 0 fully saturated rings. The first-order chi connectivity index (χ1) is 12.0. The minimum absolute atomic E-state index is 0.164. The van der Waals surface area contributed by atoms with Gasteiger partial charge < -0.3 is 0 Å². The maximum absolute atomic E-state index is 13.9. The highest BCUT2D eigenvalue weighted by Crippen LogP contribution is 2.25. The van der Waals surface area contributed by atoms with Gasteiger partial charge in [0.15, 0.2) is 5.82 Å². The minimum Gasteiger partial charge on any atom is -0.266 e. The number of halogens is 3. The van der Waals surface area contributed by atoms with Gasteiger partial charge in [0.05, 0.1) is 14.6 Å². The summed E-state index contributed by atoms with van der Waals surface area (Å²) in [4.78, 5) is 17.3. The fourth-order valence-electron chi connectivity index (χ4n) is 2.37. The smallest absolute Gasteiger partial charge is 0.266 e. The molecule has 0 N–H and O–H groups in total. The van der Waals surface area contributed by atoms with Crippen LogP contribution >= 0.6 is 34.5 Å². The first-order valence-electron chi connectivity index (χ1n) is 7.15. The molecular formula is C17H8Cl2FN3OS. The Bertz CT molecular complexity index is 1200. The summed E-state index contributed by atoms with van der Waals surface area (Å²) in [6.07, 6.45) is 1.41. The lowest BCUT2D eigenvalue weighted by molar-refractivity contribution is 0.625. The van der Waals surface area contributed by atoms with E-state index >= 15 is 0 Å². The van der Waals surface area contributed by atoms with Gasteiger partial charge >= 0.3 is 0 Å². The van der Waals surface area contributed by atoms with Crippen LogP contribution in [0.5, 0.6) is 0 Å². The molecule has 0 bridgehead atoms. The Balaban J connectivity index is 1.88. The number of thiazole rings is 1. The summed E-state index contributed by atoms with van der Waals surface area (Å²) < 4.78 is 15.4. The lowest BCUT2D eigenvalue weighted by atomic mass is 10.2. The van der Waals surface area contributed by atoms with Crippen LogP contribution in [-0.4, -0.2) is 14.6 Å². The van der Waals surface area contributed by atoms with Crippen LogP contribution in [-0.2, 0) is 0 Å². The van der Waals surface area contributed by atoms with Crippen molar-refractivity contribution in [2.75, 3.05) is 0 Å². The molecule has 2 aromatic heterocycles. The van der Waals surface area contributed by atoms with Gasteiger partial charge in [-0.2, -0.15) is 9.50 Å². The molecule has 0 aliphatic rings. The number of hydrogen-bond donors (Lipinski definition) is 0. The quantitative estimate of drug-likeness (QED) is 0.521. The molecule has 0 saturated carbocycles. The summed E-state index contributed by atoms with van der Waals surface area (Å²) in [6, 6.07) is 11.5. The Kier molecular flexibility index (Phi) is 4.03. The summed E-state index contributed by atoms with van der Waals surface area (Å²) in [7, 11) is 0. The second-order valence-corrected chi connectivity index (χ2v) is 6.98. The molecule has 0 saturated heterocycles. The second kappa shape index (κ2) is 6.22. The molecule has 25 heavy (non-hydrogen) atoms. The molecule has 2 heterocycles. The van der Waals surface area contributed by atoms with Crippen molar-refractivity contribution in [2.45, 2.75) is 0 Å². The summed E-state index contributed by atoms with van der Waals surface area (Å²) in [6.45, 7) is 0. The van der Waals surface area contributed by atoms with Gasteiger partial charge in [-0.25, -0.2) is 4.39 Å². The second-order valence-electron chi connectivity index (χ2n) is 5.16. The highest BCUT2D eigenvalue weighted by molar-refractivity contribution is 7.15. The molecule has 4 rings (SSSR count). The Hall–Kier alpha value is -2.28. The van der Waals surface area contributed by atoms with Crippen molar-refractivity contribution in [3.05, 3.63) is 78.8 Å². The molecule has 0 spiro atoms. The number of fused-ring (bicyclic) bond motifs is 1. The molecule has 2 aromatic carbocycles. The normalized spacial score (nSPS) is 12.2. The zero-order valence-electron chi connectivity index (χ0n) is 12.4. The largest absolute Gasteiger partial charge is 0.291 e. The molecule has 8 heteroatoms. The summed E-state index contributed by atoms with van der Waals surface area (Å²) in [5, 5.41) is 4.95. The highest BCUT2D eigenvalue weighted by Gasteiger charge is 2.14. The highest BCUT2D eigenvalue weighted by atomic mass is 35.5. The van der Waals surface area contributed by atoms with Crippen LogP contribution in [0.3, 0.4) is 0 Å². The fourth-order valence-corrected chi connectivity index (χ4v) is 3.70. The van der Waals surface area contributed by atoms with Gasteiger partial charge in [0.1, 0.15) is 5.82 Å². The Morgan fingerprint density at radius 2 is 1.84 bits per heavy atom. The minimum atomic E-state index is -0.498. The molecule has 4 nitrogen and oxygen atoms in total. The maximum atomic E-state index is 13.9. The van der Waals surface area contributed by atoms with Crippen molar-refractivity contribution < 1.29 is 4.39 Å². The van der Waals surface area contributed by atoms with Crippen molar-refractivity contribution >= 4 is 45.6 Å². The maximum Gasteiger partial charge on any atom is 0.291 e. The molecule has 4 aromatic rings. The molecular weight excluding hydrogens is 384 g/mol.